The zero-order valence-corrected chi connectivity index (χ0v) is 18.7. The van der Waals surface area contributed by atoms with Crippen molar-refractivity contribution in [1.82, 2.24) is 20.4 Å². The molecule has 0 aliphatic carbocycles. The summed E-state index contributed by atoms with van der Waals surface area (Å²) in [5.41, 5.74) is 4.76. The summed E-state index contributed by atoms with van der Waals surface area (Å²) in [5.74, 6) is 0.120. The van der Waals surface area contributed by atoms with Crippen molar-refractivity contribution in [2.45, 2.75) is 38.6 Å². The lowest BCUT2D eigenvalue weighted by Crippen LogP contribution is -2.35. The molecule has 0 radical (unpaired) electrons. The van der Waals surface area contributed by atoms with E-state index in [1.54, 1.807) is 12.1 Å². The molecule has 2 N–H and O–H groups in total. The molecule has 0 saturated carbocycles. The van der Waals surface area contributed by atoms with Gasteiger partial charge < -0.3 is 10.2 Å². The molecular weight excluding hydrogens is 424 g/mol. The lowest BCUT2D eigenvalue weighted by molar-refractivity contribution is -0.132. The zero-order valence-electron chi connectivity index (χ0n) is 17.9. The van der Waals surface area contributed by atoms with E-state index in [-0.39, 0.29) is 11.8 Å². The maximum Gasteiger partial charge on any atom is 0.251 e. The second kappa shape index (κ2) is 10.5. The third kappa shape index (κ3) is 5.37. The average Bonchev–Trinajstić information content (AvgIpc) is 3.25. The SMILES string of the molecule is O=C(NCCCCCC(=O)N1CCc2[nH]nc(-c3ccc(Cl)cc3)c2C1)c1ccccc1. The number of unbranched alkanes of at least 4 members (excludes halogenated alkanes) is 2. The van der Waals surface area contributed by atoms with Crippen LogP contribution < -0.4 is 5.32 Å². The summed E-state index contributed by atoms with van der Waals surface area (Å²) < 4.78 is 0. The molecule has 0 fully saturated rings. The Hall–Kier alpha value is -3.12. The van der Waals surface area contributed by atoms with Crippen LogP contribution in [-0.2, 0) is 17.8 Å². The van der Waals surface area contributed by atoms with Gasteiger partial charge in [-0.05, 0) is 37.1 Å². The van der Waals surface area contributed by atoms with E-state index in [9.17, 15) is 9.59 Å². The molecule has 0 saturated heterocycles. The fourth-order valence-corrected chi connectivity index (χ4v) is 4.11. The van der Waals surface area contributed by atoms with Gasteiger partial charge in [-0.25, -0.2) is 0 Å². The van der Waals surface area contributed by atoms with Crippen molar-refractivity contribution < 1.29 is 9.59 Å². The molecule has 2 aromatic carbocycles. The second-order valence-electron chi connectivity index (χ2n) is 8.03. The van der Waals surface area contributed by atoms with Gasteiger partial charge in [-0.3, -0.25) is 14.7 Å². The van der Waals surface area contributed by atoms with Gasteiger partial charge in [-0.2, -0.15) is 5.10 Å². The van der Waals surface area contributed by atoms with Crippen LogP contribution in [0.5, 0.6) is 0 Å². The quantitative estimate of drug-likeness (QED) is 0.492. The van der Waals surface area contributed by atoms with Crippen LogP contribution in [0.3, 0.4) is 0 Å². The van der Waals surface area contributed by atoms with E-state index >= 15 is 0 Å². The summed E-state index contributed by atoms with van der Waals surface area (Å²) in [4.78, 5) is 26.7. The molecule has 3 aromatic rings. The van der Waals surface area contributed by atoms with Gasteiger partial charge in [0.05, 0.1) is 5.69 Å². The number of amides is 2. The van der Waals surface area contributed by atoms with Crippen LogP contribution in [0, 0.1) is 0 Å². The maximum atomic E-state index is 12.8. The van der Waals surface area contributed by atoms with Gasteiger partial charge in [0.1, 0.15) is 0 Å². The maximum absolute atomic E-state index is 12.8. The highest BCUT2D eigenvalue weighted by molar-refractivity contribution is 6.30. The molecule has 6 nitrogen and oxygen atoms in total. The minimum absolute atomic E-state index is 0.0533. The smallest absolute Gasteiger partial charge is 0.251 e. The van der Waals surface area contributed by atoms with Gasteiger partial charge >= 0.3 is 0 Å². The Morgan fingerprint density at radius 2 is 1.81 bits per heavy atom. The summed E-state index contributed by atoms with van der Waals surface area (Å²) in [5, 5.41) is 11.2. The molecule has 166 valence electrons. The van der Waals surface area contributed by atoms with Gasteiger partial charge in [0.2, 0.25) is 5.91 Å². The van der Waals surface area contributed by atoms with Crippen LogP contribution in [0.25, 0.3) is 11.3 Å². The molecule has 1 aliphatic heterocycles. The molecule has 1 aromatic heterocycles. The fraction of sp³-hybridized carbons (Fsp3) is 0.320. The van der Waals surface area contributed by atoms with Gasteiger partial charge in [-0.15, -0.1) is 0 Å². The number of H-pyrrole nitrogens is 1. The first-order valence-electron chi connectivity index (χ1n) is 11.0. The molecule has 0 atom stereocenters. The predicted molar refractivity (Wildman–Crippen MR) is 125 cm³/mol. The van der Waals surface area contributed by atoms with E-state index in [0.29, 0.717) is 36.6 Å². The third-order valence-corrected chi connectivity index (χ3v) is 6.04. The van der Waals surface area contributed by atoms with Crippen LogP contribution in [0.4, 0.5) is 0 Å². The number of hydrogen-bond donors (Lipinski definition) is 2. The number of carbonyl (C=O) groups excluding carboxylic acids is 2. The number of nitrogens with zero attached hydrogens (tertiary/aromatic N) is 2. The molecule has 2 amide bonds. The number of nitrogens with one attached hydrogen (secondary N) is 2. The van der Waals surface area contributed by atoms with Crippen molar-refractivity contribution in [3.63, 3.8) is 0 Å². The van der Waals surface area contributed by atoms with Crippen molar-refractivity contribution in [2.24, 2.45) is 0 Å². The summed E-state index contributed by atoms with van der Waals surface area (Å²) >= 11 is 6.00. The number of hydrogen-bond acceptors (Lipinski definition) is 3. The van der Waals surface area contributed by atoms with E-state index in [2.05, 4.69) is 15.5 Å². The van der Waals surface area contributed by atoms with E-state index in [1.165, 1.54) is 0 Å². The fourth-order valence-electron chi connectivity index (χ4n) is 3.98. The minimum atomic E-state index is -0.0533. The lowest BCUT2D eigenvalue weighted by atomic mass is 10.0. The van der Waals surface area contributed by atoms with Crippen molar-refractivity contribution in [1.29, 1.82) is 0 Å². The molecule has 0 bridgehead atoms. The van der Waals surface area contributed by atoms with E-state index < -0.39 is 0 Å². The monoisotopic (exact) mass is 450 g/mol. The summed E-state index contributed by atoms with van der Waals surface area (Å²) in [6.45, 7) is 1.91. The molecule has 4 rings (SSSR count). The second-order valence-corrected chi connectivity index (χ2v) is 8.47. The Balaban J connectivity index is 1.21. The highest BCUT2D eigenvalue weighted by Gasteiger charge is 2.25. The molecular formula is C25H27ClN4O2. The number of fused-ring (bicyclic) bond motifs is 1. The van der Waals surface area contributed by atoms with E-state index in [1.807, 2.05) is 47.4 Å². The van der Waals surface area contributed by atoms with Crippen LogP contribution in [0.1, 0.15) is 47.3 Å². The highest BCUT2D eigenvalue weighted by atomic mass is 35.5. The largest absolute Gasteiger partial charge is 0.352 e. The standard InChI is InChI=1S/C25H27ClN4O2/c26-20-12-10-18(11-13-20)24-21-17-30(16-14-22(21)28-29-24)23(31)9-5-2-6-15-27-25(32)19-7-3-1-4-8-19/h1,3-4,7-8,10-13H,2,5-6,9,14-17H2,(H,27,32)(H,28,29). The molecule has 0 unspecified atom stereocenters. The normalized spacial score (nSPS) is 13.0. The summed E-state index contributed by atoms with van der Waals surface area (Å²) in [7, 11) is 0. The Morgan fingerprint density at radius 1 is 1.03 bits per heavy atom. The van der Waals surface area contributed by atoms with Crippen molar-refractivity contribution in [2.75, 3.05) is 13.1 Å². The number of rotatable bonds is 8. The first-order valence-corrected chi connectivity index (χ1v) is 11.4. The van der Waals surface area contributed by atoms with Gasteiger partial charge in [0.15, 0.2) is 0 Å². The zero-order chi connectivity index (χ0) is 22.3. The molecule has 1 aliphatic rings. The molecule has 0 spiro atoms. The first kappa shape index (κ1) is 22.1. The number of halogens is 1. The third-order valence-electron chi connectivity index (χ3n) is 5.79. The van der Waals surface area contributed by atoms with E-state index in [4.69, 9.17) is 11.6 Å². The number of aromatic amines is 1. The first-order chi connectivity index (χ1) is 15.6. The van der Waals surface area contributed by atoms with E-state index in [0.717, 1.165) is 48.2 Å². The van der Waals surface area contributed by atoms with Crippen LogP contribution >= 0.6 is 11.6 Å². The Labute approximate surface area is 193 Å². The molecule has 2 heterocycles. The topological polar surface area (TPSA) is 78.1 Å². The van der Waals surface area contributed by atoms with Crippen molar-refractivity contribution in [3.05, 3.63) is 76.4 Å². The lowest BCUT2D eigenvalue weighted by Gasteiger charge is -2.27. The molecule has 7 heteroatoms. The summed E-state index contributed by atoms with van der Waals surface area (Å²) in [6.07, 6.45) is 3.89. The highest BCUT2D eigenvalue weighted by Crippen LogP contribution is 2.29. The van der Waals surface area contributed by atoms with Gasteiger partial charge in [-0.1, -0.05) is 48.4 Å². The van der Waals surface area contributed by atoms with Gasteiger partial charge in [0.25, 0.3) is 5.91 Å². The van der Waals surface area contributed by atoms with Crippen LogP contribution in [0.2, 0.25) is 5.02 Å². The van der Waals surface area contributed by atoms with Gasteiger partial charge in [0, 0.05) is 59.9 Å². The Morgan fingerprint density at radius 3 is 2.59 bits per heavy atom. The minimum Gasteiger partial charge on any atom is -0.352 e. The number of benzene rings is 2. The Bertz CT molecular complexity index is 1060. The van der Waals surface area contributed by atoms with Crippen molar-refractivity contribution in [3.8, 4) is 11.3 Å². The summed E-state index contributed by atoms with van der Waals surface area (Å²) in [6, 6.07) is 16.8. The number of aromatic nitrogens is 2. The van der Waals surface area contributed by atoms with Crippen LogP contribution in [0.15, 0.2) is 54.6 Å². The van der Waals surface area contributed by atoms with Crippen molar-refractivity contribution >= 4 is 23.4 Å². The molecule has 32 heavy (non-hydrogen) atoms. The van der Waals surface area contributed by atoms with Crippen LogP contribution in [-0.4, -0.2) is 40.0 Å². The average molecular weight is 451 g/mol. The predicted octanol–water partition coefficient (Wildman–Crippen LogP) is 4.61. The number of carbonyl (C=O) groups is 2. The Kier molecular flexibility index (Phi) is 7.22.